The van der Waals surface area contributed by atoms with Crippen molar-refractivity contribution in [1.82, 2.24) is 0 Å². The third-order valence-corrected chi connectivity index (χ3v) is 6.12. The first-order valence-electron chi connectivity index (χ1n) is 5.96. The van der Waals surface area contributed by atoms with Gasteiger partial charge in [-0.1, -0.05) is 0 Å². The third kappa shape index (κ3) is 3.05. The SMILES string of the molecule is CN(c1ccc(S(N)(=O)=O)cc1N)C1CCS(=O)(=O)C1. The molecule has 20 heavy (non-hydrogen) atoms. The van der Waals surface area contributed by atoms with Crippen LogP contribution in [-0.4, -0.2) is 41.4 Å². The standard InChI is InChI=1S/C11H17N3O4S2/c1-14(8-4-5-19(15,16)7-8)11-3-2-9(6-10(11)12)20(13,17)18/h2-3,6,8H,4-5,7,12H2,1H3,(H2,13,17,18). The van der Waals surface area contributed by atoms with Crippen molar-refractivity contribution >= 4 is 31.2 Å². The van der Waals surface area contributed by atoms with Crippen molar-refractivity contribution in [3.63, 3.8) is 0 Å². The van der Waals surface area contributed by atoms with E-state index in [-0.39, 0.29) is 28.1 Å². The van der Waals surface area contributed by atoms with Gasteiger partial charge in [-0.05, 0) is 24.6 Å². The first-order chi connectivity index (χ1) is 9.10. The number of sulfonamides is 1. The fourth-order valence-electron chi connectivity index (χ4n) is 2.31. The van der Waals surface area contributed by atoms with E-state index in [1.165, 1.54) is 12.1 Å². The zero-order valence-electron chi connectivity index (χ0n) is 11.0. The number of hydrogen-bond donors (Lipinski definition) is 2. The molecule has 9 heteroatoms. The van der Waals surface area contributed by atoms with Crippen LogP contribution in [-0.2, 0) is 19.9 Å². The highest BCUT2D eigenvalue weighted by Crippen LogP contribution is 2.29. The monoisotopic (exact) mass is 319 g/mol. The van der Waals surface area contributed by atoms with Gasteiger partial charge in [-0.2, -0.15) is 0 Å². The van der Waals surface area contributed by atoms with Crippen molar-refractivity contribution in [2.24, 2.45) is 5.14 Å². The van der Waals surface area contributed by atoms with Crippen LogP contribution in [0.3, 0.4) is 0 Å². The number of benzene rings is 1. The normalized spacial score (nSPS) is 21.8. The molecule has 0 amide bonds. The number of nitrogens with zero attached hydrogens (tertiary/aromatic N) is 1. The Kier molecular flexibility index (Phi) is 3.69. The molecule has 1 atom stereocenters. The Morgan fingerprint density at radius 2 is 2.00 bits per heavy atom. The van der Waals surface area contributed by atoms with Gasteiger partial charge in [-0.15, -0.1) is 0 Å². The fraction of sp³-hybridized carbons (Fsp3) is 0.455. The van der Waals surface area contributed by atoms with Crippen molar-refractivity contribution in [3.8, 4) is 0 Å². The van der Waals surface area contributed by atoms with E-state index in [9.17, 15) is 16.8 Å². The van der Waals surface area contributed by atoms with Crippen LogP contribution in [0.4, 0.5) is 11.4 Å². The molecule has 1 aliphatic rings. The van der Waals surface area contributed by atoms with E-state index in [2.05, 4.69) is 0 Å². The Morgan fingerprint density at radius 3 is 2.45 bits per heavy atom. The van der Waals surface area contributed by atoms with E-state index in [1.54, 1.807) is 18.0 Å². The van der Waals surface area contributed by atoms with Gasteiger partial charge in [-0.25, -0.2) is 22.0 Å². The van der Waals surface area contributed by atoms with E-state index < -0.39 is 19.9 Å². The van der Waals surface area contributed by atoms with E-state index in [0.29, 0.717) is 12.1 Å². The Morgan fingerprint density at radius 1 is 1.35 bits per heavy atom. The zero-order valence-corrected chi connectivity index (χ0v) is 12.6. The minimum absolute atomic E-state index is 0.0637. The van der Waals surface area contributed by atoms with E-state index in [0.717, 1.165) is 0 Å². The van der Waals surface area contributed by atoms with Crippen molar-refractivity contribution in [2.75, 3.05) is 29.2 Å². The molecule has 0 saturated carbocycles. The molecule has 0 bridgehead atoms. The second kappa shape index (κ2) is 4.90. The molecule has 0 spiro atoms. The summed E-state index contributed by atoms with van der Waals surface area (Å²) in [6.07, 6.45) is 0.537. The number of sulfone groups is 1. The number of rotatable bonds is 3. The molecule has 1 fully saturated rings. The molecule has 7 nitrogen and oxygen atoms in total. The maximum absolute atomic E-state index is 11.5. The third-order valence-electron chi connectivity index (χ3n) is 3.46. The average Bonchev–Trinajstić information content (AvgIpc) is 2.67. The van der Waals surface area contributed by atoms with E-state index in [1.807, 2.05) is 0 Å². The van der Waals surface area contributed by atoms with Gasteiger partial charge < -0.3 is 10.6 Å². The molecular weight excluding hydrogens is 302 g/mol. The van der Waals surface area contributed by atoms with Gasteiger partial charge in [0.25, 0.3) is 0 Å². The second-order valence-electron chi connectivity index (χ2n) is 4.93. The molecule has 1 saturated heterocycles. The van der Waals surface area contributed by atoms with Crippen LogP contribution in [0.2, 0.25) is 0 Å². The highest BCUT2D eigenvalue weighted by molar-refractivity contribution is 7.91. The molecule has 1 aromatic rings. The highest BCUT2D eigenvalue weighted by Gasteiger charge is 2.31. The summed E-state index contributed by atoms with van der Waals surface area (Å²) in [4.78, 5) is 1.71. The summed E-state index contributed by atoms with van der Waals surface area (Å²) >= 11 is 0. The first kappa shape index (κ1) is 15.1. The van der Waals surface area contributed by atoms with Gasteiger partial charge in [0.15, 0.2) is 9.84 Å². The first-order valence-corrected chi connectivity index (χ1v) is 9.32. The lowest BCUT2D eigenvalue weighted by molar-refractivity contribution is 0.597. The molecule has 2 rings (SSSR count). The summed E-state index contributed by atoms with van der Waals surface area (Å²) in [5.74, 6) is 0.247. The lowest BCUT2D eigenvalue weighted by Crippen LogP contribution is -2.33. The molecule has 112 valence electrons. The summed E-state index contributed by atoms with van der Waals surface area (Å²) in [5, 5.41) is 5.03. The topological polar surface area (TPSA) is 124 Å². The molecule has 1 unspecified atom stereocenters. The average molecular weight is 319 g/mol. The van der Waals surface area contributed by atoms with Crippen LogP contribution in [0.1, 0.15) is 6.42 Å². The van der Waals surface area contributed by atoms with Crippen molar-refractivity contribution < 1.29 is 16.8 Å². The number of nitrogens with two attached hydrogens (primary N) is 2. The number of hydrogen-bond acceptors (Lipinski definition) is 6. The number of primary sulfonamides is 1. The lowest BCUT2D eigenvalue weighted by Gasteiger charge is -2.27. The summed E-state index contributed by atoms with van der Waals surface area (Å²) < 4.78 is 45.5. The Bertz CT molecular complexity index is 728. The molecule has 0 radical (unpaired) electrons. The van der Waals surface area contributed by atoms with Crippen LogP contribution >= 0.6 is 0 Å². The van der Waals surface area contributed by atoms with Crippen LogP contribution < -0.4 is 15.8 Å². The Balaban J connectivity index is 2.30. The Labute approximate surface area is 118 Å². The maximum Gasteiger partial charge on any atom is 0.238 e. The van der Waals surface area contributed by atoms with E-state index >= 15 is 0 Å². The van der Waals surface area contributed by atoms with Crippen molar-refractivity contribution in [3.05, 3.63) is 18.2 Å². The predicted molar refractivity (Wildman–Crippen MR) is 77.7 cm³/mol. The van der Waals surface area contributed by atoms with Gasteiger partial charge >= 0.3 is 0 Å². The molecule has 0 aliphatic carbocycles. The second-order valence-corrected chi connectivity index (χ2v) is 8.72. The molecule has 1 heterocycles. The molecule has 1 aromatic carbocycles. The van der Waals surface area contributed by atoms with Crippen LogP contribution in [0.5, 0.6) is 0 Å². The quantitative estimate of drug-likeness (QED) is 0.727. The van der Waals surface area contributed by atoms with Gasteiger partial charge in [0.2, 0.25) is 10.0 Å². The highest BCUT2D eigenvalue weighted by atomic mass is 32.2. The van der Waals surface area contributed by atoms with Crippen LogP contribution in [0.25, 0.3) is 0 Å². The fourth-order valence-corrected chi connectivity index (χ4v) is 4.63. The van der Waals surface area contributed by atoms with E-state index in [4.69, 9.17) is 10.9 Å². The number of anilines is 2. The zero-order chi connectivity index (χ0) is 15.1. The summed E-state index contributed by atoms with van der Waals surface area (Å²) in [6.45, 7) is 0. The van der Waals surface area contributed by atoms with Crippen molar-refractivity contribution in [2.45, 2.75) is 17.4 Å². The summed E-state index contributed by atoms with van der Waals surface area (Å²) in [7, 11) is -5.05. The number of nitrogen functional groups attached to an aromatic ring is 1. The lowest BCUT2D eigenvalue weighted by atomic mass is 10.2. The molecular formula is C11H17N3O4S2. The molecule has 0 aromatic heterocycles. The maximum atomic E-state index is 11.5. The van der Waals surface area contributed by atoms with Gasteiger partial charge in [-0.3, -0.25) is 0 Å². The minimum atomic E-state index is -3.80. The molecule has 4 N–H and O–H groups in total. The smallest absolute Gasteiger partial charge is 0.238 e. The van der Waals surface area contributed by atoms with Gasteiger partial charge in [0.1, 0.15) is 0 Å². The minimum Gasteiger partial charge on any atom is -0.397 e. The van der Waals surface area contributed by atoms with Crippen molar-refractivity contribution in [1.29, 1.82) is 0 Å². The van der Waals surface area contributed by atoms with Gasteiger partial charge in [0.05, 0.1) is 27.8 Å². The van der Waals surface area contributed by atoms with Gasteiger partial charge in [0, 0.05) is 13.1 Å². The van der Waals surface area contributed by atoms with Crippen LogP contribution in [0, 0.1) is 0 Å². The molecule has 1 aliphatic heterocycles. The largest absolute Gasteiger partial charge is 0.397 e. The predicted octanol–water partition coefficient (Wildman–Crippen LogP) is -0.460. The van der Waals surface area contributed by atoms with Crippen LogP contribution in [0.15, 0.2) is 23.1 Å². The summed E-state index contributed by atoms with van der Waals surface area (Å²) in [5.41, 5.74) is 6.69. The Hall–Kier alpha value is -1.32. The summed E-state index contributed by atoms with van der Waals surface area (Å²) in [6, 6.07) is 4.04.